The summed E-state index contributed by atoms with van der Waals surface area (Å²) in [6, 6.07) is 6.62. The van der Waals surface area contributed by atoms with Crippen LogP contribution < -0.4 is 4.74 Å². The molecule has 0 unspecified atom stereocenters. The zero-order valence-electron chi connectivity index (χ0n) is 8.88. The van der Waals surface area contributed by atoms with Crippen LogP contribution in [0.5, 0.6) is 16.7 Å². The van der Waals surface area contributed by atoms with E-state index >= 15 is 0 Å². The molecular weight excluding hydrogens is 224 g/mol. The van der Waals surface area contributed by atoms with Gasteiger partial charge in [-0.2, -0.15) is 9.36 Å². The van der Waals surface area contributed by atoms with E-state index < -0.39 is 0 Å². The Hall–Kier alpha value is -1.62. The molecule has 0 saturated heterocycles. The van der Waals surface area contributed by atoms with Crippen molar-refractivity contribution in [3.05, 3.63) is 30.1 Å². The van der Waals surface area contributed by atoms with Gasteiger partial charge in [-0.25, -0.2) is 0 Å². The molecule has 1 aromatic heterocycles. The van der Waals surface area contributed by atoms with Crippen molar-refractivity contribution in [2.45, 2.75) is 19.8 Å². The van der Waals surface area contributed by atoms with Gasteiger partial charge in [0.15, 0.2) is 0 Å². The van der Waals surface area contributed by atoms with Crippen molar-refractivity contribution < 1.29 is 9.84 Å². The Morgan fingerprint density at radius 1 is 1.44 bits per heavy atom. The number of benzene rings is 1. The normalized spacial score (nSPS) is 10.3. The maximum absolute atomic E-state index is 9.27. The van der Waals surface area contributed by atoms with Crippen LogP contribution in [-0.2, 0) is 6.42 Å². The van der Waals surface area contributed by atoms with Gasteiger partial charge in [0, 0.05) is 24.0 Å². The zero-order chi connectivity index (χ0) is 11.4. The number of phenols is 1. The standard InChI is InChI=1S/C11H12N2O2S/c1-2-4-10-12-11(16-13-10)15-9-6-3-5-8(14)7-9/h3,5-7,14H,2,4H2,1H3. The quantitative estimate of drug-likeness (QED) is 0.886. The monoisotopic (exact) mass is 236 g/mol. The number of hydrogen-bond acceptors (Lipinski definition) is 5. The largest absolute Gasteiger partial charge is 0.508 e. The number of phenolic OH excluding ortho intramolecular Hbond substituents is 1. The van der Waals surface area contributed by atoms with Crippen molar-refractivity contribution in [2.75, 3.05) is 0 Å². The first-order valence-corrected chi connectivity index (χ1v) is 5.84. The van der Waals surface area contributed by atoms with Crippen LogP contribution in [0.2, 0.25) is 0 Å². The van der Waals surface area contributed by atoms with Gasteiger partial charge in [0.05, 0.1) is 0 Å². The summed E-state index contributed by atoms with van der Waals surface area (Å²) in [6.07, 6.45) is 1.88. The molecule has 0 aliphatic heterocycles. The summed E-state index contributed by atoms with van der Waals surface area (Å²) in [7, 11) is 0. The third-order valence-electron chi connectivity index (χ3n) is 1.95. The van der Waals surface area contributed by atoms with Crippen LogP contribution >= 0.6 is 11.5 Å². The average molecular weight is 236 g/mol. The second-order valence-corrected chi connectivity index (χ2v) is 4.04. The molecule has 0 fully saturated rings. The van der Waals surface area contributed by atoms with E-state index in [-0.39, 0.29) is 5.75 Å². The molecule has 5 heteroatoms. The van der Waals surface area contributed by atoms with Crippen molar-refractivity contribution in [1.29, 1.82) is 0 Å². The molecule has 4 nitrogen and oxygen atoms in total. The summed E-state index contributed by atoms with van der Waals surface area (Å²) >= 11 is 1.23. The van der Waals surface area contributed by atoms with Gasteiger partial charge in [-0.05, 0) is 18.6 Å². The van der Waals surface area contributed by atoms with E-state index in [9.17, 15) is 5.11 Å². The van der Waals surface area contributed by atoms with Crippen LogP contribution in [0.3, 0.4) is 0 Å². The van der Waals surface area contributed by atoms with E-state index in [0.717, 1.165) is 18.7 Å². The molecular formula is C11H12N2O2S. The Morgan fingerprint density at radius 3 is 3.06 bits per heavy atom. The highest BCUT2D eigenvalue weighted by atomic mass is 32.1. The summed E-state index contributed by atoms with van der Waals surface area (Å²) in [5.74, 6) is 1.55. The van der Waals surface area contributed by atoms with Crippen molar-refractivity contribution in [3.63, 3.8) is 0 Å². The highest BCUT2D eigenvalue weighted by Gasteiger charge is 2.05. The summed E-state index contributed by atoms with van der Waals surface area (Å²) < 4.78 is 9.64. The Bertz CT molecular complexity index is 471. The van der Waals surface area contributed by atoms with Gasteiger partial charge in [-0.1, -0.05) is 13.0 Å². The summed E-state index contributed by atoms with van der Waals surface area (Å²) in [4.78, 5) is 4.23. The first-order valence-electron chi connectivity index (χ1n) is 5.07. The highest BCUT2D eigenvalue weighted by molar-refractivity contribution is 7.07. The summed E-state index contributed by atoms with van der Waals surface area (Å²) in [5.41, 5.74) is 0. The van der Waals surface area contributed by atoms with Gasteiger partial charge >= 0.3 is 0 Å². The molecule has 1 aromatic carbocycles. The molecule has 0 radical (unpaired) electrons. The van der Waals surface area contributed by atoms with Crippen LogP contribution in [0, 0.1) is 0 Å². The van der Waals surface area contributed by atoms with Crippen LogP contribution in [-0.4, -0.2) is 14.5 Å². The number of hydrogen-bond donors (Lipinski definition) is 1. The molecule has 0 amide bonds. The lowest BCUT2D eigenvalue weighted by molar-refractivity contribution is 0.453. The molecule has 0 spiro atoms. The molecule has 0 aliphatic carbocycles. The molecule has 0 bridgehead atoms. The number of aromatic nitrogens is 2. The predicted octanol–water partition coefficient (Wildman–Crippen LogP) is 2.99. The van der Waals surface area contributed by atoms with Gasteiger partial charge in [0.25, 0.3) is 5.19 Å². The van der Waals surface area contributed by atoms with Crippen molar-refractivity contribution in [1.82, 2.24) is 9.36 Å². The average Bonchev–Trinajstić information content (AvgIpc) is 2.66. The molecule has 84 valence electrons. The highest BCUT2D eigenvalue weighted by Crippen LogP contribution is 2.25. The molecule has 1 heterocycles. The van der Waals surface area contributed by atoms with Crippen LogP contribution in [0.1, 0.15) is 19.2 Å². The number of rotatable bonds is 4. The second-order valence-electron chi connectivity index (χ2n) is 3.33. The van der Waals surface area contributed by atoms with E-state index in [1.165, 1.54) is 11.5 Å². The fourth-order valence-corrected chi connectivity index (χ4v) is 1.85. The molecule has 2 rings (SSSR count). The van der Waals surface area contributed by atoms with Crippen LogP contribution in [0.25, 0.3) is 0 Å². The molecule has 16 heavy (non-hydrogen) atoms. The minimum Gasteiger partial charge on any atom is -0.508 e. The van der Waals surface area contributed by atoms with Gasteiger partial charge in [-0.15, -0.1) is 0 Å². The van der Waals surface area contributed by atoms with Crippen molar-refractivity contribution >= 4 is 11.5 Å². The molecule has 0 aliphatic rings. The molecule has 2 aromatic rings. The minimum absolute atomic E-state index is 0.177. The summed E-state index contributed by atoms with van der Waals surface area (Å²) in [6.45, 7) is 2.08. The number of ether oxygens (including phenoxy) is 1. The lowest BCUT2D eigenvalue weighted by Gasteiger charge is -2.00. The molecule has 1 N–H and O–H groups in total. The third kappa shape index (κ3) is 2.70. The van der Waals surface area contributed by atoms with E-state index in [0.29, 0.717) is 10.9 Å². The smallest absolute Gasteiger partial charge is 0.298 e. The van der Waals surface area contributed by atoms with E-state index in [2.05, 4.69) is 16.3 Å². The van der Waals surface area contributed by atoms with Gasteiger partial charge in [0.1, 0.15) is 17.3 Å². The lowest BCUT2D eigenvalue weighted by atomic mass is 10.3. The SMILES string of the molecule is CCCc1nsc(Oc2cccc(O)c2)n1. The van der Waals surface area contributed by atoms with Gasteiger partial charge in [0.2, 0.25) is 0 Å². The fraction of sp³-hybridized carbons (Fsp3) is 0.273. The maximum Gasteiger partial charge on any atom is 0.298 e. The van der Waals surface area contributed by atoms with Crippen molar-refractivity contribution in [2.24, 2.45) is 0 Å². The molecule has 0 saturated carbocycles. The van der Waals surface area contributed by atoms with E-state index in [4.69, 9.17) is 4.74 Å². The number of aryl methyl sites for hydroxylation is 1. The first-order chi connectivity index (χ1) is 7.78. The predicted molar refractivity (Wildman–Crippen MR) is 62.1 cm³/mol. The van der Waals surface area contributed by atoms with E-state index in [1.807, 2.05) is 0 Å². The minimum atomic E-state index is 0.177. The second kappa shape index (κ2) is 4.94. The lowest BCUT2D eigenvalue weighted by Crippen LogP contribution is -1.86. The zero-order valence-corrected chi connectivity index (χ0v) is 9.70. The third-order valence-corrected chi connectivity index (χ3v) is 2.58. The number of aromatic hydroxyl groups is 1. The Labute approximate surface area is 97.7 Å². The van der Waals surface area contributed by atoms with Crippen molar-refractivity contribution in [3.8, 4) is 16.7 Å². The van der Waals surface area contributed by atoms with Gasteiger partial charge in [-0.3, -0.25) is 0 Å². The topological polar surface area (TPSA) is 55.2 Å². The Balaban J connectivity index is 2.08. The fourth-order valence-electron chi connectivity index (χ4n) is 1.25. The van der Waals surface area contributed by atoms with Crippen LogP contribution in [0.15, 0.2) is 24.3 Å². The van der Waals surface area contributed by atoms with E-state index in [1.54, 1.807) is 24.3 Å². The maximum atomic E-state index is 9.27. The number of nitrogens with zero attached hydrogens (tertiary/aromatic N) is 2. The Kier molecular flexibility index (Phi) is 3.36. The van der Waals surface area contributed by atoms with Gasteiger partial charge < -0.3 is 9.84 Å². The Morgan fingerprint density at radius 2 is 2.31 bits per heavy atom. The van der Waals surface area contributed by atoms with Crippen LogP contribution in [0.4, 0.5) is 0 Å². The first kappa shape index (κ1) is 10.9. The molecule has 0 atom stereocenters. The summed E-state index contributed by atoms with van der Waals surface area (Å²) in [5, 5.41) is 9.78.